The Morgan fingerprint density at radius 3 is 2.41 bits per heavy atom. The third kappa shape index (κ3) is 4.38. The monoisotopic (exact) mass is 401 g/mol. The number of aryl methyl sites for hydroxylation is 2. The Bertz CT molecular complexity index is 696. The van der Waals surface area contributed by atoms with Crippen LogP contribution in [0.15, 0.2) is 34.8 Å². The molecule has 0 spiro atoms. The number of carbonyl (C=O) groups excluding carboxylic acids is 1. The van der Waals surface area contributed by atoms with E-state index >= 15 is 0 Å². The van der Waals surface area contributed by atoms with Gasteiger partial charge in [-0.2, -0.15) is 0 Å². The maximum Gasteiger partial charge on any atom is 0.262 e. The summed E-state index contributed by atoms with van der Waals surface area (Å²) >= 11 is 15.5. The second kappa shape index (κ2) is 7.36. The number of rotatable bonds is 4. The second-order valence-electron chi connectivity index (χ2n) is 4.83. The van der Waals surface area contributed by atoms with Gasteiger partial charge in [0, 0.05) is 9.50 Å². The van der Waals surface area contributed by atoms with Gasteiger partial charge in [-0.05, 0) is 55.3 Å². The molecule has 1 amide bonds. The molecule has 0 aliphatic heterocycles. The van der Waals surface area contributed by atoms with Crippen LogP contribution in [0.1, 0.15) is 11.1 Å². The van der Waals surface area contributed by atoms with Crippen molar-refractivity contribution in [3.8, 4) is 5.75 Å². The van der Waals surface area contributed by atoms with Crippen molar-refractivity contribution in [2.24, 2.45) is 0 Å². The number of hydrogen-bond acceptors (Lipinski definition) is 2. The molecule has 0 aromatic heterocycles. The van der Waals surface area contributed by atoms with Crippen LogP contribution in [0.25, 0.3) is 0 Å². The van der Waals surface area contributed by atoms with E-state index in [4.69, 9.17) is 27.9 Å². The maximum absolute atomic E-state index is 11.9. The highest BCUT2D eigenvalue weighted by molar-refractivity contribution is 9.10. The number of halogens is 3. The van der Waals surface area contributed by atoms with E-state index in [1.165, 1.54) is 0 Å². The zero-order chi connectivity index (χ0) is 16.3. The molecule has 0 unspecified atom stereocenters. The molecule has 0 heterocycles. The molecule has 6 heteroatoms. The lowest BCUT2D eigenvalue weighted by molar-refractivity contribution is -0.118. The molecule has 0 saturated heterocycles. The molecule has 2 aromatic carbocycles. The first-order chi connectivity index (χ1) is 10.4. The average Bonchev–Trinajstić information content (AvgIpc) is 2.45. The molecule has 0 saturated carbocycles. The number of anilines is 1. The minimum atomic E-state index is -0.283. The Morgan fingerprint density at radius 2 is 1.82 bits per heavy atom. The highest BCUT2D eigenvalue weighted by atomic mass is 79.9. The molecule has 0 atom stereocenters. The highest BCUT2D eigenvalue weighted by Crippen LogP contribution is 2.27. The third-order valence-electron chi connectivity index (χ3n) is 2.99. The van der Waals surface area contributed by atoms with Crippen LogP contribution in [0, 0.1) is 13.8 Å². The molecule has 2 rings (SSSR count). The Balaban J connectivity index is 1.98. The largest absolute Gasteiger partial charge is 0.484 e. The van der Waals surface area contributed by atoms with E-state index < -0.39 is 0 Å². The molecular weight excluding hydrogens is 389 g/mol. The Kier molecular flexibility index (Phi) is 5.73. The lowest BCUT2D eigenvalue weighted by Gasteiger charge is -2.11. The predicted molar refractivity (Wildman–Crippen MR) is 94.2 cm³/mol. The van der Waals surface area contributed by atoms with Gasteiger partial charge in [-0.25, -0.2) is 0 Å². The molecule has 0 radical (unpaired) electrons. The van der Waals surface area contributed by atoms with E-state index in [1.807, 2.05) is 13.8 Å². The normalized spacial score (nSPS) is 10.4. The smallest absolute Gasteiger partial charge is 0.262 e. The summed E-state index contributed by atoms with van der Waals surface area (Å²) in [7, 11) is 0. The van der Waals surface area contributed by atoms with E-state index in [9.17, 15) is 4.79 Å². The van der Waals surface area contributed by atoms with Crippen LogP contribution in [0.2, 0.25) is 10.0 Å². The van der Waals surface area contributed by atoms with Gasteiger partial charge in [-0.1, -0.05) is 39.1 Å². The molecule has 0 fully saturated rings. The summed E-state index contributed by atoms with van der Waals surface area (Å²) in [6.45, 7) is 3.68. The molecule has 1 N–H and O–H groups in total. The number of hydrogen-bond donors (Lipinski definition) is 1. The summed E-state index contributed by atoms with van der Waals surface area (Å²) in [5.41, 5.74) is 2.36. The number of nitrogens with one attached hydrogen (secondary N) is 1. The van der Waals surface area contributed by atoms with Gasteiger partial charge < -0.3 is 10.1 Å². The van der Waals surface area contributed by atoms with E-state index in [1.54, 1.807) is 30.3 Å². The van der Waals surface area contributed by atoms with Crippen LogP contribution < -0.4 is 10.1 Å². The van der Waals surface area contributed by atoms with Gasteiger partial charge in [-0.15, -0.1) is 0 Å². The molecule has 116 valence electrons. The summed E-state index contributed by atoms with van der Waals surface area (Å²) in [6.07, 6.45) is 0. The van der Waals surface area contributed by atoms with Crippen LogP contribution in [0.5, 0.6) is 5.75 Å². The van der Waals surface area contributed by atoms with Gasteiger partial charge in [0.2, 0.25) is 0 Å². The van der Waals surface area contributed by atoms with Crippen molar-refractivity contribution in [1.82, 2.24) is 0 Å². The first kappa shape index (κ1) is 17.1. The minimum Gasteiger partial charge on any atom is -0.484 e. The summed E-state index contributed by atoms with van der Waals surface area (Å²) in [5.74, 6) is 0.325. The first-order valence-electron chi connectivity index (χ1n) is 6.51. The molecule has 22 heavy (non-hydrogen) atoms. The molecule has 2 aromatic rings. The minimum absolute atomic E-state index is 0.104. The summed E-state index contributed by atoms with van der Waals surface area (Å²) in [4.78, 5) is 11.9. The number of benzene rings is 2. The summed E-state index contributed by atoms with van der Waals surface area (Å²) in [6, 6.07) is 8.84. The molecule has 0 aliphatic carbocycles. The summed E-state index contributed by atoms with van der Waals surface area (Å²) in [5, 5.41) is 3.87. The van der Waals surface area contributed by atoms with E-state index in [0.717, 1.165) is 15.6 Å². The van der Waals surface area contributed by atoms with Gasteiger partial charge in [0.05, 0.1) is 10.7 Å². The van der Waals surface area contributed by atoms with Crippen molar-refractivity contribution in [3.63, 3.8) is 0 Å². The van der Waals surface area contributed by atoms with Crippen molar-refractivity contribution >= 4 is 50.7 Å². The lowest BCUT2D eigenvalue weighted by Crippen LogP contribution is -2.20. The van der Waals surface area contributed by atoms with Crippen LogP contribution in [-0.2, 0) is 4.79 Å². The topological polar surface area (TPSA) is 38.3 Å². The number of amides is 1. The fraction of sp³-hybridized carbons (Fsp3) is 0.188. The van der Waals surface area contributed by atoms with E-state index in [-0.39, 0.29) is 12.5 Å². The van der Waals surface area contributed by atoms with Crippen LogP contribution in [0.3, 0.4) is 0 Å². The van der Waals surface area contributed by atoms with Gasteiger partial charge in [0.1, 0.15) is 5.75 Å². The predicted octanol–water partition coefficient (Wildman–Crippen LogP) is 5.39. The standard InChI is InChI=1S/C16H14BrCl2NO2/c1-9-5-12(6-10(2)16(9)19)22-8-15(21)20-14-4-3-11(17)7-13(14)18/h3-7H,8H2,1-2H3,(H,20,21). The van der Waals surface area contributed by atoms with Crippen molar-refractivity contribution in [1.29, 1.82) is 0 Å². The fourth-order valence-corrected chi connectivity index (χ4v) is 2.75. The van der Waals surface area contributed by atoms with Gasteiger partial charge in [0.25, 0.3) is 5.91 Å². The van der Waals surface area contributed by atoms with Crippen molar-refractivity contribution < 1.29 is 9.53 Å². The van der Waals surface area contributed by atoms with Crippen molar-refractivity contribution in [3.05, 3.63) is 56.0 Å². The Labute approximate surface area is 147 Å². The highest BCUT2D eigenvalue weighted by Gasteiger charge is 2.09. The van der Waals surface area contributed by atoms with Crippen molar-refractivity contribution in [2.45, 2.75) is 13.8 Å². The van der Waals surface area contributed by atoms with Gasteiger partial charge in [-0.3, -0.25) is 4.79 Å². The molecule has 3 nitrogen and oxygen atoms in total. The molecule has 0 bridgehead atoms. The lowest BCUT2D eigenvalue weighted by atomic mass is 10.1. The quantitative estimate of drug-likeness (QED) is 0.744. The fourth-order valence-electron chi connectivity index (χ4n) is 1.92. The van der Waals surface area contributed by atoms with E-state index in [0.29, 0.717) is 21.5 Å². The van der Waals surface area contributed by atoms with Gasteiger partial charge in [0.15, 0.2) is 6.61 Å². The Morgan fingerprint density at radius 1 is 1.18 bits per heavy atom. The van der Waals surface area contributed by atoms with Crippen LogP contribution >= 0.6 is 39.1 Å². The SMILES string of the molecule is Cc1cc(OCC(=O)Nc2ccc(Br)cc2Cl)cc(C)c1Cl. The second-order valence-corrected chi connectivity index (χ2v) is 6.53. The number of ether oxygens (including phenoxy) is 1. The molecular formula is C16H14BrCl2NO2. The third-order valence-corrected chi connectivity index (χ3v) is 4.39. The first-order valence-corrected chi connectivity index (χ1v) is 8.06. The maximum atomic E-state index is 11.9. The summed E-state index contributed by atoms with van der Waals surface area (Å²) < 4.78 is 6.34. The van der Waals surface area contributed by atoms with E-state index in [2.05, 4.69) is 21.2 Å². The number of carbonyl (C=O) groups is 1. The Hall–Kier alpha value is -1.23. The van der Waals surface area contributed by atoms with Gasteiger partial charge >= 0.3 is 0 Å². The molecule has 0 aliphatic rings. The van der Waals surface area contributed by atoms with Crippen molar-refractivity contribution in [2.75, 3.05) is 11.9 Å². The average molecular weight is 403 g/mol. The van der Waals surface area contributed by atoms with Crippen LogP contribution in [0.4, 0.5) is 5.69 Å². The zero-order valence-electron chi connectivity index (χ0n) is 12.0. The van der Waals surface area contributed by atoms with Crippen LogP contribution in [-0.4, -0.2) is 12.5 Å². The zero-order valence-corrected chi connectivity index (χ0v) is 15.1.